The van der Waals surface area contributed by atoms with E-state index < -0.39 is 0 Å². The van der Waals surface area contributed by atoms with Gasteiger partial charge in [-0.15, -0.1) is 0 Å². The van der Waals surface area contributed by atoms with Crippen LogP contribution < -0.4 is 0 Å². The first-order chi connectivity index (χ1) is 8.49. The van der Waals surface area contributed by atoms with Crippen LogP contribution in [0.4, 0.5) is 4.39 Å². The van der Waals surface area contributed by atoms with Crippen molar-refractivity contribution in [3.63, 3.8) is 0 Å². The predicted molar refractivity (Wildman–Crippen MR) is 77.8 cm³/mol. The van der Waals surface area contributed by atoms with Gasteiger partial charge in [-0.2, -0.15) is 0 Å². The van der Waals surface area contributed by atoms with Gasteiger partial charge in [0.25, 0.3) is 0 Å². The van der Waals surface area contributed by atoms with Gasteiger partial charge in [-0.25, -0.2) is 4.39 Å². The van der Waals surface area contributed by atoms with Gasteiger partial charge >= 0.3 is 0 Å². The zero-order valence-electron chi connectivity index (χ0n) is 10.8. The monoisotopic (exact) mass is 306 g/mol. The molecule has 0 saturated carbocycles. The minimum absolute atomic E-state index is 0.0997. The SMILES string of the molecule is Cc1ccc(C)c(C(Br)c2cc(C)ccc2F)c1. The van der Waals surface area contributed by atoms with Gasteiger partial charge in [0.15, 0.2) is 0 Å². The van der Waals surface area contributed by atoms with E-state index in [9.17, 15) is 4.39 Å². The molecule has 0 aliphatic rings. The van der Waals surface area contributed by atoms with Crippen LogP contribution in [0.2, 0.25) is 0 Å². The molecular weight excluding hydrogens is 291 g/mol. The molecule has 0 bridgehead atoms. The van der Waals surface area contributed by atoms with E-state index in [2.05, 4.69) is 48.0 Å². The van der Waals surface area contributed by atoms with E-state index in [1.807, 2.05) is 13.0 Å². The Kier molecular flexibility index (Phi) is 3.86. The Bertz CT molecular complexity index is 524. The molecule has 0 radical (unpaired) electrons. The lowest BCUT2D eigenvalue weighted by Crippen LogP contribution is -2.00. The maximum atomic E-state index is 13.9. The third-order valence-corrected chi connectivity index (χ3v) is 4.12. The Hall–Kier alpha value is -1.15. The van der Waals surface area contributed by atoms with Gasteiger partial charge in [0.05, 0.1) is 4.83 Å². The zero-order valence-corrected chi connectivity index (χ0v) is 12.4. The molecule has 0 aromatic heterocycles. The molecule has 0 aliphatic heterocycles. The van der Waals surface area contributed by atoms with E-state index in [1.54, 1.807) is 6.07 Å². The van der Waals surface area contributed by atoms with Crippen LogP contribution in [-0.4, -0.2) is 0 Å². The first-order valence-corrected chi connectivity index (χ1v) is 6.88. The molecule has 1 unspecified atom stereocenters. The Morgan fingerprint density at radius 3 is 2.11 bits per heavy atom. The van der Waals surface area contributed by atoms with Crippen LogP contribution in [0.3, 0.4) is 0 Å². The Labute approximate surface area is 116 Å². The highest BCUT2D eigenvalue weighted by Gasteiger charge is 2.16. The number of hydrogen-bond acceptors (Lipinski definition) is 0. The number of halogens is 2. The second kappa shape index (κ2) is 5.23. The van der Waals surface area contributed by atoms with E-state index in [0.29, 0.717) is 5.56 Å². The maximum absolute atomic E-state index is 13.9. The molecule has 1 atom stereocenters. The molecule has 0 saturated heterocycles. The smallest absolute Gasteiger partial charge is 0.127 e. The lowest BCUT2D eigenvalue weighted by molar-refractivity contribution is 0.613. The van der Waals surface area contributed by atoms with Gasteiger partial charge in [0, 0.05) is 5.56 Å². The Balaban J connectivity index is 2.50. The zero-order chi connectivity index (χ0) is 13.3. The summed E-state index contributed by atoms with van der Waals surface area (Å²) in [6.07, 6.45) is 0. The summed E-state index contributed by atoms with van der Waals surface area (Å²) >= 11 is 3.62. The summed E-state index contributed by atoms with van der Waals surface area (Å²) in [6, 6.07) is 11.5. The summed E-state index contributed by atoms with van der Waals surface area (Å²) in [5.74, 6) is -0.164. The minimum atomic E-state index is -0.164. The number of rotatable bonds is 2. The van der Waals surface area contributed by atoms with Crippen LogP contribution in [0.1, 0.15) is 32.6 Å². The highest BCUT2D eigenvalue weighted by Crippen LogP contribution is 2.35. The highest BCUT2D eigenvalue weighted by atomic mass is 79.9. The van der Waals surface area contributed by atoms with Crippen LogP contribution in [0.5, 0.6) is 0 Å². The lowest BCUT2D eigenvalue weighted by Gasteiger charge is -2.15. The van der Waals surface area contributed by atoms with E-state index in [1.165, 1.54) is 17.2 Å². The topological polar surface area (TPSA) is 0 Å². The van der Waals surface area contributed by atoms with E-state index >= 15 is 0 Å². The van der Waals surface area contributed by atoms with E-state index in [4.69, 9.17) is 0 Å². The second-order valence-corrected chi connectivity index (χ2v) is 5.66. The van der Waals surface area contributed by atoms with Crippen molar-refractivity contribution in [2.24, 2.45) is 0 Å². The standard InChI is InChI=1S/C16H16BrF/c1-10-4-6-12(3)13(8-10)16(17)14-9-11(2)5-7-15(14)18/h4-9,16H,1-3H3. The minimum Gasteiger partial charge on any atom is -0.207 e. The van der Waals surface area contributed by atoms with Crippen molar-refractivity contribution in [3.8, 4) is 0 Å². The lowest BCUT2D eigenvalue weighted by atomic mass is 9.97. The largest absolute Gasteiger partial charge is 0.207 e. The average Bonchev–Trinajstić information content (AvgIpc) is 2.34. The fraction of sp³-hybridized carbons (Fsp3) is 0.250. The Morgan fingerprint density at radius 1 is 0.889 bits per heavy atom. The summed E-state index contributed by atoms with van der Waals surface area (Å²) in [4.78, 5) is -0.0997. The predicted octanol–water partition coefficient (Wildman–Crippen LogP) is 5.24. The molecule has 94 valence electrons. The van der Waals surface area contributed by atoms with Crippen LogP contribution in [0, 0.1) is 26.6 Å². The highest BCUT2D eigenvalue weighted by molar-refractivity contribution is 9.09. The van der Waals surface area contributed by atoms with E-state index in [-0.39, 0.29) is 10.6 Å². The number of benzene rings is 2. The molecule has 0 spiro atoms. The van der Waals surface area contributed by atoms with Crippen molar-refractivity contribution in [3.05, 3.63) is 70.0 Å². The quantitative estimate of drug-likeness (QED) is 0.666. The van der Waals surface area contributed by atoms with Crippen molar-refractivity contribution in [2.75, 3.05) is 0 Å². The number of hydrogen-bond donors (Lipinski definition) is 0. The Morgan fingerprint density at radius 2 is 1.44 bits per heavy atom. The normalized spacial score (nSPS) is 12.5. The van der Waals surface area contributed by atoms with Gasteiger partial charge in [0.1, 0.15) is 5.82 Å². The fourth-order valence-electron chi connectivity index (χ4n) is 2.06. The van der Waals surface area contributed by atoms with Crippen molar-refractivity contribution >= 4 is 15.9 Å². The van der Waals surface area contributed by atoms with Crippen LogP contribution in [0.25, 0.3) is 0 Å². The molecule has 2 rings (SSSR count). The van der Waals surface area contributed by atoms with Gasteiger partial charge in [-0.1, -0.05) is 57.4 Å². The second-order valence-electron chi connectivity index (χ2n) is 4.75. The van der Waals surface area contributed by atoms with Crippen LogP contribution in [0.15, 0.2) is 36.4 Å². The van der Waals surface area contributed by atoms with Crippen molar-refractivity contribution in [2.45, 2.75) is 25.6 Å². The molecule has 0 aliphatic carbocycles. The van der Waals surface area contributed by atoms with Crippen LogP contribution in [-0.2, 0) is 0 Å². The van der Waals surface area contributed by atoms with Crippen molar-refractivity contribution in [1.82, 2.24) is 0 Å². The summed E-state index contributed by atoms with van der Waals surface area (Å²) < 4.78 is 13.9. The summed E-state index contributed by atoms with van der Waals surface area (Å²) in [5.41, 5.74) is 5.25. The number of aryl methyl sites for hydroxylation is 3. The maximum Gasteiger partial charge on any atom is 0.127 e. The van der Waals surface area contributed by atoms with Crippen LogP contribution >= 0.6 is 15.9 Å². The van der Waals surface area contributed by atoms with Crippen molar-refractivity contribution in [1.29, 1.82) is 0 Å². The summed E-state index contributed by atoms with van der Waals surface area (Å²) in [7, 11) is 0. The molecule has 2 aromatic rings. The first kappa shape index (κ1) is 13.3. The summed E-state index contributed by atoms with van der Waals surface area (Å²) in [6.45, 7) is 6.08. The molecule has 0 fully saturated rings. The molecule has 18 heavy (non-hydrogen) atoms. The summed E-state index contributed by atoms with van der Waals surface area (Å²) in [5, 5.41) is 0. The third-order valence-electron chi connectivity index (χ3n) is 3.13. The number of alkyl halides is 1. The van der Waals surface area contributed by atoms with Gasteiger partial charge < -0.3 is 0 Å². The average molecular weight is 307 g/mol. The van der Waals surface area contributed by atoms with Gasteiger partial charge in [-0.3, -0.25) is 0 Å². The van der Waals surface area contributed by atoms with Gasteiger partial charge in [0.2, 0.25) is 0 Å². The van der Waals surface area contributed by atoms with Crippen molar-refractivity contribution < 1.29 is 4.39 Å². The third kappa shape index (κ3) is 2.64. The van der Waals surface area contributed by atoms with E-state index in [0.717, 1.165) is 11.1 Å². The molecule has 0 heterocycles. The molecule has 2 aromatic carbocycles. The molecule has 0 amide bonds. The molecule has 2 heteroatoms. The molecule has 0 nitrogen and oxygen atoms in total. The van der Waals surface area contributed by atoms with Gasteiger partial charge in [-0.05, 0) is 38.0 Å². The molecular formula is C16H16BrF. The molecule has 0 N–H and O–H groups in total. The fourth-order valence-corrected chi connectivity index (χ4v) is 2.90. The first-order valence-electron chi connectivity index (χ1n) is 5.96.